The Labute approximate surface area is 127 Å². The molecule has 1 fully saturated rings. The fourth-order valence-corrected chi connectivity index (χ4v) is 3.72. The lowest BCUT2D eigenvalue weighted by molar-refractivity contribution is 0.317. The lowest BCUT2D eigenvalue weighted by Gasteiger charge is -2.42. The van der Waals surface area contributed by atoms with E-state index in [1.54, 1.807) is 0 Å². The smallest absolute Gasteiger partial charge is 0.196 e. The molecule has 0 saturated heterocycles. The summed E-state index contributed by atoms with van der Waals surface area (Å²) in [5.74, 6) is 0.635. The highest BCUT2D eigenvalue weighted by molar-refractivity contribution is 9.10. The van der Waals surface area contributed by atoms with Crippen LogP contribution in [0.1, 0.15) is 32.1 Å². The van der Waals surface area contributed by atoms with Gasteiger partial charge in [0.2, 0.25) is 0 Å². The summed E-state index contributed by atoms with van der Waals surface area (Å²) < 4.78 is 0.900. The minimum atomic E-state index is 0.0929. The van der Waals surface area contributed by atoms with Crippen LogP contribution in [0.5, 0.6) is 0 Å². The fourth-order valence-electron chi connectivity index (χ4n) is 3.23. The van der Waals surface area contributed by atoms with Crippen molar-refractivity contribution < 1.29 is 0 Å². The molecule has 102 valence electrons. The van der Waals surface area contributed by atoms with Gasteiger partial charge in [0.25, 0.3) is 0 Å². The van der Waals surface area contributed by atoms with E-state index in [-0.39, 0.29) is 5.54 Å². The Bertz CT molecular complexity index is 523. The summed E-state index contributed by atoms with van der Waals surface area (Å²) in [7, 11) is 0. The van der Waals surface area contributed by atoms with Crippen LogP contribution in [0.15, 0.2) is 27.7 Å². The Hall–Kier alpha value is -0.740. The second-order valence-corrected chi connectivity index (χ2v) is 6.65. The summed E-state index contributed by atoms with van der Waals surface area (Å²) in [6.45, 7) is 0.819. The molecule has 2 N–H and O–H groups in total. The van der Waals surface area contributed by atoms with Gasteiger partial charge in [-0.3, -0.25) is 4.99 Å². The standard InChI is InChI=1S/C14H17BrClN3/c15-11-8-10(4-5-12(11)16)19-13(17)18-9-14(19)6-2-1-3-7-14/h4-5,8H,1-3,6-7,9H2,(H2,17,18). The molecule has 0 aromatic heterocycles. The van der Waals surface area contributed by atoms with E-state index < -0.39 is 0 Å². The van der Waals surface area contributed by atoms with Gasteiger partial charge >= 0.3 is 0 Å². The van der Waals surface area contributed by atoms with E-state index in [4.69, 9.17) is 17.3 Å². The maximum absolute atomic E-state index is 6.13. The van der Waals surface area contributed by atoms with Crippen LogP contribution in [0.2, 0.25) is 5.02 Å². The van der Waals surface area contributed by atoms with Crippen molar-refractivity contribution in [1.82, 2.24) is 0 Å². The number of guanidine groups is 1. The molecule has 5 heteroatoms. The van der Waals surface area contributed by atoms with Crippen LogP contribution in [-0.4, -0.2) is 18.0 Å². The normalized spacial score (nSPS) is 21.8. The van der Waals surface area contributed by atoms with Crippen LogP contribution in [0, 0.1) is 0 Å². The van der Waals surface area contributed by atoms with Crippen molar-refractivity contribution >= 4 is 39.2 Å². The third kappa shape index (κ3) is 2.25. The molecule has 1 heterocycles. The Kier molecular flexibility index (Phi) is 3.48. The number of benzene rings is 1. The molecule has 1 aromatic carbocycles. The van der Waals surface area contributed by atoms with E-state index in [2.05, 4.69) is 25.8 Å². The third-order valence-corrected chi connectivity index (χ3v) is 5.40. The van der Waals surface area contributed by atoms with Gasteiger partial charge in [-0.15, -0.1) is 0 Å². The molecule has 0 atom stereocenters. The number of rotatable bonds is 1. The first kappa shape index (κ1) is 13.3. The Morgan fingerprint density at radius 3 is 2.68 bits per heavy atom. The van der Waals surface area contributed by atoms with Gasteiger partial charge in [-0.05, 0) is 47.0 Å². The highest BCUT2D eigenvalue weighted by Gasteiger charge is 2.43. The quantitative estimate of drug-likeness (QED) is 0.840. The van der Waals surface area contributed by atoms with Crippen molar-refractivity contribution in [2.75, 3.05) is 11.4 Å². The molecule has 0 radical (unpaired) electrons. The zero-order valence-electron chi connectivity index (χ0n) is 10.7. The molecule has 2 aliphatic rings. The van der Waals surface area contributed by atoms with Gasteiger partial charge < -0.3 is 10.6 Å². The molecule has 0 bridgehead atoms. The molecular weight excluding hydrogens is 326 g/mol. The molecule has 3 nitrogen and oxygen atoms in total. The summed E-state index contributed by atoms with van der Waals surface area (Å²) in [6.07, 6.45) is 6.16. The molecule has 1 saturated carbocycles. The molecule has 1 aromatic rings. The average molecular weight is 343 g/mol. The van der Waals surface area contributed by atoms with Crippen molar-refractivity contribution in [3.63, 3.8) is 0 Å². The average Bonchev–Trinajstić information content (AvgIpc) is 2.71. The van der Waals surface area contributed by atoms with Crippen LogP contribution in [0.4, 0.5) is 5.69 Å². The van der Waals surface area contributed by atoms with Crippen molar-refractivity contribution in [2.24, 2.45) is 10.7 Å². The van der Waals surface area contributed by atoms with Gasteiger partial charge in [0.05, 0.1) is 17.1 Å². The number of anilines is 1. The summed E-state index contributed by atoms with van der Waals surface area (Å²) >= 11 is 9.56. The molecule has 0 amide bonds. The molecule has 19 heavy (non-hydrogen) atoms. The number of aliphatic imine (C=N–C) groups is 1. The number of halogens is 2. The lowest BCUT2D eigenvalue weighted by Crippen LogP contribution is -2.53. The lowest BCUT2D eigenvalue weighted by atomic mass is 9.80. The van der Waals surface area contributed by atoms with Crippen molar-refractivity contribution in [2.45, 2.75) is 37.6 Å². The summed E-state index contributed by atoms with van der Waals surface area (Å²) in [6, 6.07) is 5.96. The predicted molar refractivity (Wildman–Crippen MR) is 83.9 cm³/mol. The van der Waals surface area contributed by atoms with Crippen LogP contribution in [0.3, 0.4) is 0 Å². The van der Waals surface area contributed by atoms with E-state index in [1.165, 1.54) is 19.3 Å². The van der Waals surface area contributed by atoms with Crippen molar-refractivity contribution in [3.05, 3.63) is 27.7 Å². The fraction of sp³-hybridized carbons (Fsp3) is 0.500. The second kappa shape index (κ2) is 4.98. The Balaban J connectivity index is 1.99. The Morgan fingerprint density at radius 2 is 2.00 bits per heavy atom. The summed E-state index contributed by atoms with van der Waals surface area (Å²) in [4.78, 5) is 6.71. The van der Waals surface area contributed by atoms with E-state index in [1.807, 2.05) is 18.2 Å². The number of hydrogen-bond donors (Lipinski definition) is 1. The zero-order valence-corrected chi connectivity index (χ0v) is 13.0. The van der Waals surface area contributed by atoms with E-state index in [0.29, 0.717) is 5.96 Å². The number of nitrogens with two attached hydrogens (primary N) is 1. The summed E-state index contributed by atoms with van der Waals surface area (Å²) in [5.41, 5.74) is 7.31. The van der Waals surface area contributed by atoms with Gasteiger partial charge in [0.1, 0.15) is 0 Å². The zero-order chi connectivity index (χ0) is 13.5. The van der Waals surface area contributed by atoms with Gasteiger partial charge in [-0.1, -0.05) is 30.9 Å². The first-order valence-corrected chi connectivity index (χ1v) is 7.85. The molecule has 1 aliphatic carbocycles. The first-order valence-electron chi connectivity index (χ1n) is 6.68. The van der Waals surface area contributed by atoms with E-state index in [9.17, 15) is 0 Å². The van der Waals surface area contributed by atoms with Crippen LogP contribution in [-0.2, 0) is 0 Å². The van der Waals surface area contributed by atoms with Crippen LogP contribution >= 0.6 is 27.5 Å². The van der Waals surface area contributed by atoms with Gasteiger partial charge in [-0.2, -0.15) is 0 Å². The highest BCUT2D eigenvalue weighted by Crippen LogP contribution is 2.41. The van der Waals surface area contributed by atoms with Crippen molar-refractivity contribution in [3.8, 4) is 0 Å². The molecule has 0 unspecified atom stereocenters. The minimum Gasteiger partial charge on any atom is -0.369 e. The van der Waals surface area contributed by atoms with Crippen LogP contribution < -0.4 is 10.6 Å². The molecule has 1 aliphatic heterocycles. The predicted octanol–water partition coefficient (Wildman–Crippen LogP) is 3.94. The number of hydrogen-bond acceptors (Lipinski definition) is 3. The topological polar surface area (TPSA) is 41.6 Å². The van der Waals surface area contributed by atoms with E-state index in [0.717, 1.165) is 34.6 Å². The Morgan fingerprint density at radius 1 is 1.26 bits per heavy atom. The first-order chi connectivity index (χ1) is 9.12. The molecule has 3 rings (SSSR count). The molecule has 1 spiro atoms. The SMILES string of the molecule is NC1=NCC2(CCCCC2)N1c1ccc(Cl)c(Br)c1. The van der Waals surface area contributed by atoms with Gasteiger partial charge in [0, 0.05) is 10.2 Å². The van der Waals surface area contributed by atoms with Crippen LogP contribution in [0.25, 0.3) is 0 Å². The van der Waals surface area contributed by atoms with E-state index >= 15 is 0 Å². The maximum Gasteiger partial charge on any atom is 0.196 e. The maximum atomic E-state index is 6.13. The largest absolute Gasteiger partial charge is 0.369 e. The number of nitrogens with zero attached hydrogens (tertiary/aromatic N) is 2. The summed E-state index contributed by atoms with van der Waals surface area (Å²) in [5, 5.41) is 0.719. The van der Waals surface area contributed by atoms with Crippen molar-refractivity contribution in [1.29, 1.82) is 0 Å². The monoisotopic (exact) mass is 341 g/mol. The minimum absolute atomic E-state index is 0.0929. The molecular formula is C14H17BrClN3. The second-order valence-electron chi connectivity index (χ2n) is 5.39. The highest BCUT2D eigenvalue weighted by atomic mass is 79.9. The van der Waals surface area contributed by atoms with Gasteiger partial charge in [-0.25, -0.2) is 0 Å². The third-order valence-electron chi connectivity index (χ3n) is 4.18. The van der Waals surface area contributed by atoms with Gasteiger partial charge in [0.15, 0.2) is 5.96 Å².